The van der Waals surface area contributed by atoms with Crippen LogP contribution in [-0.2, 0) is 14.8 Å². The van der Waals surface area contributed by atoms with Crippen molar-refractivity contribution in [2.75, 3.05) is 24.5 Å². The number of hydrogen-bond donors (Lipinski definition) is 2. The van der Waals surface area contributed by atoms with E-state index in [0.717, 1.165) is 30.1 Å². The number of amides is 1. The van der Waals surface area contributed by atoms with Gasteiger partial charge in [-0.05, 0) is 68.9 Å². The van der Waals surface area contributed by atoms with Crippen molar-refractivity contribution in [3.63, 3.8) is 0 Å². The van der Waals surface area contributed by atoms with Gasteiger partial charge in [0.2, 0.25) is 0 Å². The van der Waals surface area contributed by atoms with E-state index in [1.165, 1.54) is 25.0 Å². The van der Waals surface area contributed by atoms with Crippen LogP contribution >= 0.6 is 0 Å². The zero-order valence-electron chi connectivity index (χ0n) is 16.9. The Kier molecular flexibility index (Phi) is 6.92. The highest BCUT2D eigenvalue weighted by atomic mass is 32.2. The molecular weight excluding hydrogens is 388 g/mol. The standard InChI is InChI=1S/C22H28N2O4S/c1-16-4-9-19(10-5-16)24-29(26,27)20-11-6-17(2)21(14-20)22(25)23-12-3-13-28-15-18-7-8-18/h4-6,9-11,14,18,24H,3,7-8,12-13,15H2,1-2H3,(H,23,25). The normalized spacial score (nSPS) is 13.9. The van der Waals surface area contributed by atoms with E-state index in [2.05, 4.69) is 10.0 Å². The van der Waals surface area contributed by atoms with E-state index in [4.69, 9.17) is 4.74 Å². The number of anilines is 1. The molecule has 0 heterocycles. The molecule has 0 aromatic heterocycles. The molecule has 1 aliphatic carbocycles. The van der Waals surface area contributed by atoms with E-state index >= 15 is 0 Å². The van der Waals surface area contributed by atoms with Crippen molar-refractivity contribution in [1.82, 2.24) is 5.32 Å². The van der Waals surface area contributed by atoms with Gasteiger partial charge in [0.25, 0.3) is 15.9 Å². The first-order valence-electron chi connectivity index (χ1n) is 9.91. The summed E-state index contributed by atoms with van der Waals surface area (Å²) < 4.78 is 33.5. The molecule has 7 heteroatoms. The summed E-state index contributed by atoms with van der Waals surface area (Å²) in [4.78, 5) is 12.6. The van der Waals surface area contributed by atoms with E-state index in [0.29, 0.717) is 24.4 Å². The van der Waals surface area contributed by atoms with Crippen LogP contribution in [0.4, 0.5) is 5.69 Å². The van der Waals surface area contributed by atoms with Gasteiger partial charge in [-0.1, -0.05) is 23.8 Å². The van der Waals surface area contributed by atoms with E-state index in [1.807, 2.05) is 19.1 Å². The average molecular weight is 417 g/mol. The number of nitrogens with one attached hydrogen (secondary N) is 2. The van der Waals surface area contributed by atoms with Gasteiger partial charge >= 0.3 is 0 Å². The highest BCUT2D eigenvalue weighted by Gasteiger charge is 2.21. The number of ether oxygens (including phenoxy) is 1. The summed E-state index contributed by atoms with van der Waals surface area (Å²) in [6.07, 6.45) is 3.24. The second-order valence-corrected chi connectivity index (χ2v) is 9.26. The van der Waals surface area contributed by atoms with E-state index in [-0.39, 0.29) is 10.8 Å². The van der Waals surface area contributed by atoms with Crippen LogP contribution in [0.5, 0.6) is 0 Å². The second-order valence-electron chi connectivity index (χ2n) is 7.58. The van der Waals surface area contributed by atoms with Gasteiger partial charge in [0, 0.05) is 31.0 Å². The first-order valence-corrected chi connectivity index (χ1v) is 11.4. The van der Waals surface area contributed by atoms with Crippen molar-refractivity contribution in [2.24, 2.45) is 5.92 Å². The van der Waals surface area contributed by atoms with E-state index < -0.39 is 10.0 Å². The fraction of sp³-hybridized carbons (Fsp3) is 0.409. The molecule has 1 fully saturated rings. The number of carbonyl (C=O) groups is 1. The van der Waals surface area contributed by atoms with Crippen molar-refractivity contribution < 1.29 is 17.9 Å². The lowest BCUT2D eigenvalue weighted by molar-refractivity contribution is 0.0936. The van der Waals surface area contributed by atoms with Crippen LogP contribution < -0.4 is 10.0 Å². The van der Waals surface area contributed by atoms with Gasteiger partial charge in [-0.15, -0.1) is 0 Å². The number of benzene rings is 2. The van der Waals surface area contributed by atoms with Crippen LogP contribution in [0.15, 0.2) is 47.4 Å². The highest BCUT2D eigenvalue weighted by molar-refractivity contribution is 7.92. The highest BCUT2D eigenvalue weighted by Crippen LogP contribution is 2.28. The average Bonchev–Trinajstić information content (AvgIpc) is 3.50. The quantitative estimate of drug-likeness (QED) is 0.579. The van der Waals surface area contributed by atoms with Gasteiger partial charge in [-0.3, -0.25) is 9.52 Å². The monoisotopic (exact) mass is 416 g/mol. The maximum Gasteiger partial charge on any atom is 0.261 e. The zero-order valence-corrected chi connectivity index (χ0v) is 17.7. The van der Waals surface area contributed by atoms with Gasteiger partial charge in [0.1, 0.15) is 0 Å². The van der Waals surface area contributed by atoms with Crippen LogP contribution in [0, 0.1) is 19.8 Å². The lowest BCUT2D eigenvalue weighted by Crippen LogP contribution is -2.26. The molecule has 29 heavy (non-hydrogen) atoms. The van der Waals surface area contributed by atoms with E-state index in [9.17, 15) is 13.2 Å². The molecule has 2 N–H and O–H groups in total. The van der Waals surface area contributed by atoms with Gasteiger partial charge in [0.05, 0.1) is 4.90 Å². The van der Waals surface area contributed by atoms with Crippen molar-refractivity contribution in [2.45, 2.75) is 38.0 Å². The van der Waals surface area contributed by atoms with Gasteiger partial charge in [0.15, 0.2) is 0 Å². The van der Waals surface area contributed by atoms with Crippen LogP contribution in [0.25, 0.3) is 0 Å². The van der Waals surface area contributed by atoms with Crippen LogP contribution in [0.3, 0.4) is 0 Å². The lowest BCUT2D eigenvalue weighted by atomic mass is 10.1. The molecule has 156 valence electrons. The second kappa shape index (κ2) is 9.41. The molecule has 0 aliphatic heterocycles. The fourth-order valence-electron chi connectivity index (χ4n) is 2.85. The third-order valence-electron chi connectivity index (χ3n) is 4.87. The molecular formula is C22H28N2O4S. The summed E-state index contributed by atoms with van der Waals surface area (Å²) >= 11 is 0. The maximum atomic E-state index is 12.7. The Labute approximate surface area is 172 Å². The Morgan fingerprint density at radius 2 is 1.83 bits per heavy atom. The van der Waals surface area contributed by atoms with E-state index in [1.54, 1.807) is 25.1 Å². The minimum atomic E-state index is -3.78. The number of carbonyl (C=O) groups excluding carboxylic acids is 1. The largest absolute Gasteiger partial charge is 0.381 e. The first kappa shape index (κ1) is 21.3. The molecule has 2 aromatic rings. The Bertz CT molecular complexity index is 951. The smallest absolute Gasteiger partial charge is 0.261 e. The summed E-state index contributed by atoms with van der Waals surface area (Å²) in [6, 6.07) is 11.7. The number of hydrogen-bond acceptors (Lipinski definition) is 4. The maximum absolute atomic E-state index is 12.7. The summed E-state index contributed by atoms with van der Waals surface area (Å²) in [5, 5.41) is 2.84. The fourth-order valence-corrected chi connectivity index (χ4v) is 3.94. The molecule has 1 saturated carbocycles. The number of sulfonamides is 1. The van der Waals surface area contributed by atoms with Crippen molar-refractivity contribution in [3.8, 4) is 0 Å². The molecule has 0 unspecified atom stereocenters. The molecule has 6 nitrogen and oxygen atoms in total. The molecule has 0 spiro atoms. The minimum Gasteiger partial charge on any atom is -0.381 e. The van der Waals surface area contributed by atoms with Crippen LogP contribution in [0.1, 0.15) is 40.7 Å². The third kappa shape index (κ3) is 6.30. The predicted molar refractivity (Wildman–Crippen MR) is 114 cm³/mol. The summed E-state index contributed by atoms with van der Waals surface area (Å²) in [6.45, 7) is 5.63. The molecule has 1 aliphatic rings. The Balaban J connectivity index is 1.60. The number of aryl methyl sites for hydroxylation is 2. The van der Waals surface area contributed by atoms with Gasteiger partial charge in [-0.25, -0.2) is 8.42 Å². The summed E-state index contributed by atoms with van der Waals surface area (Å²) in [5.74, 6) is 0.447. The predicted octanol–water partition coefficient (Wildman–Crippen LogP) is 3.65. The Morgan fingerprint density at radius 1 is 1.10 bits per heavy atom. The molecule has 0 radical (unpaired) electrons. The SMILES string of the molecule is Cc1ccc(NS(=O)(=O)c2ccc(C)c(C(=O)NCCCOCC3CC3)c2)cc1. The molecule has 0 bridgehead atoms. The topological polar surface area (TPSA) is 84.5 Å². The molecule has 3 rings (SSSR count). The minimum absolute atomic E-state index is 0.0570. The molecule has 0 atom stereocenters. The lowest BCUT2D eigenvalue weighted by Gasteiger charge is -2.12. The van der Waals surface area contributed by atoms with Crippen molar-refractivity contribution in [3.05, 3.63) is 59.2 Å². The Morgan fingerprint density at radius 3 is 2.52 bits per heavy atom. The summed E-state index contributed by atoms with van der Waals surface area (Å²) in [7, 11) is -3.78. The van der Waals surface area contributed by atoms with Crippen LogP contribution in [-0.4, -0.2) is 34.1 Å². The third-order valence-corrected chi connectivity index (χ3v) is 6.25. The van der Waals surface area contributed by atoms with Gasteiger partial charge < -0.3 is 10.1 Å². The molecule has 0 saturated heterocycles. The van der Waals surface area contributed by atoms with Crippen molar-refractivity contribution in [1.29, 1.82) is 0 Å². The Hall–Kier alpha value is -2.38. The van der Waals surface area contributed by atoms with Crippen LogP contribution in [0.2, 0.25) is 0 Å². The first-order chi connectivity index (χ1) is 13.8. The number of rotatable bonds is 10. The van der Waals surface area contributed by atoms with Gasteiger partial charge in [-0.2, -0.15) is 0 Å². The summed E-state index contributed by atoms with van der Waals surface area (Å²) in [5.41, 5.74) is 2.60. The van der Waals surface area contributed by atoms with Crippen molar-refractivity contribution >= 4 is 21.6 Å². The molecule has 2 aromatic carbocycles. The zero-order chi connectivity index (χ0) is 20.9. The molecule has 1 amide bonds.